The molecule has 0 saturated carbocycles. The van der Waals surface area contributed by atoms with E-state index in [1.54, 1.807) is 7.11 Å². The van der Waals surface area contributed by atoms with Gasteiger partial charge in [-0.25, -0.2) is 0 Å². The molecule has 88 valence electrons. The van der Waals surface area contributed by atoms with Crippen LogP contribution in [0.2, 0.25) is 0 Å². The number of hydrogen-bond acceptors (Lipinski definition) is 4. The summed E-state index contributed by atoms with van der Waals surface area (Å²) in [5.74, 6) is 0. The Balaban J connectivity index is 1.90. The highest BCUT2D eigenvalue weighted by Gasteiger charge is 2.31. The molecular formula is C11H22N2O2. The highest BCUT2D eigenvalue weighted by Crippen LogP contribution is 2.22. The molecule has 0 bridgehead atoms. The molecule has 0 aromatic carbocycles. The van der Waals surface area contributed by atoms with Crippen LogP contribution in [-0.2, 0) is 4.74 Å². The molecule has 2 aliphatic rings. The van der Waals surface area contributed by atoms with E-state index in [4.69, 9.17) is 4.74 Å². The average Bonchev–Trinajstić information content (AvgIpc) is 2.30. The number of nitrogens with zero attached hydrogens (tertiary/aromatic N) is 1. The van der Waals surface area contributed by atoms with Crippen LogP contribution < -0.4 is 5.32 Å². The van der Waals surface area contributed by atoms with E-state index in [-0.39, 0.29) is 6.23 Å². The van der Waals surface area contributed by atoms with Gasteiger partial charge in [0.2, 0.25) is 0 Å². The summed E-state index contributed by atoms with van der Waals surface area (Å²) in [6.07, 6.45) is 5.74. The third-order valence-electron chi connectivity index (χ3n) is 3.58. The first-order valence-electron chi connectivity index (χ1n) is 6.01. The average molecular weight is 214 g/mol. The smallest absolute Gasteiger partial charge is 0.108 e. The molecule has 0 aromatic rings. The topological polar surface area (TPSA) is 44.7 Å². The minimum Gasteiger partial charge on any atom is -0.381 e. The van der Waals surface area contributed by atoms with Gasteiger partial charge in [0.1, 0.15) is 6.23 Å². The number of ether oxygens (including phenoxy) is 1. The van der Waals surface area contributed by atoms with Crippen LogP contribution in [0.15, 0.2) is 0 Å². The van der Waals surface area contributed by atoms with Crippen molar-refractivity contribution >= 4 is 0 Å². The Morgan fingerprint density at radius 2 is 2.20 bits per heavy atom. The zero-order chi connectivity index (χ0) is 10.7. The molecule has 0 radical (unpaired) electrons. The largest absolute Gasteiger partial charge is 0.381 e. The second kappa shape index (κ2) is 5.25. The van der Waals surface area contributed by atoms with Crippen LogP contribution in [0.25, 0.3) is 0 Å². The number of rotatable bonds is 2. The Bertz CT molecular complexity index is 201. The quantitative estimate of drug-likeness (QED) is 0.703. The Kier molecular flexibility index (Phi) is 3.97. The summed E-state index contributed by atoms with van der Waals surface area (Å²) in [6.45, 7) is 2.00. The van der Waals surface area contributed by atoms with Gasteiger partial charge in [0.25, 0.3) is 0 Å². The minimum absolute atomic E-state index is 0.258. The van der Waals surface area contributed by atoms with Gasteiger partial charge in [-0.1, -0.05) is 0 Å². The van der Waals surface area contributed by atoms with Crippen LogP contribution in [0.5, 0.6) is 0 Å². The number of methoxy groups -OCH3 is 1. The van der Waals surface area contributed by atoms with E-state index in [9.17, 15) is 5.11 Å². The van der Waals surface area contributed by atoms with Crippen molar-refractivity contribution in [3.8, 4) is 0 Å². The highest BCUT2D eigenvalue weighted by atomic mass is 16.5. The number of hydrogen-bond donors (Lipinski definition) is 2. The van der Waals surface area contributed by atoms with E-state index in [0.717, 1.165) is 38.8 Å². The van der Waals surface area contributed by atoms with Gasteiger partial charge < -0.3 is 15.2 Å². The van der Waals surface area contributed by atoms with Crippen molar-refractivity contribution in [3.63, 3.8) is 0 Å². The molecule has 15 heavy (non-hydrogen) atoms. The first-order valence-corrected chi connectivity index (χ1v) is 6.01. The summed E-state index contributed by atoms with van der Waals surface area (Å²) in [4.78, 5) is 2.19. The summed E-state index contributed by atoms with van der Waals surface area (Å²) >= 11 is 0. The Morgan fingerprint density at radius 3 is 2.93 bits per heavy atom. The molecule has 0 aliphatic carbocycles. The number of aliphatic hydroxyl groups excluding tert-OH is 1. The van der Waals surface area contributed by atoms with Crippen LogP contribution in [0, 0.1) is 0 Å². The van der Waals surface area contributed by atoms with Crippen molar-refractivity contribution in [2.75, 3.05) is 20.2 Å². The van der Waals surface area contributed by atoms with Crippen LogP contribution in [0.3, 0.4) is 0 Å². The molecule has 3 atom stereocenters. The zero-order valence-electron chi connectivity index (χ0n) is 9.48. The van der Waals surface area contributed by atoms with Gasteiger partial charge in [-0.3, -0.25) is 4.90 Å². The van der Waals surface area contributed by atoms with E-state index in [1.807, 2.05) is 0 Å². The fourth-order valence-electron chi connectivity index (χ4n) is 2.63. The Hall–Kier alpha value is -0.160. The summed E-state index contributed by atoms with van der Waals surface area (Å²) < 4.78 is 5.40. The first-order chi connectivity index (χ1) is 7.31. The summed E-state index contributed by atoms with van der Waals surface area (Å²) in [7, 11) is 1.78. The van der Waals surface area contributed by atoms with Crippen LogP contribution >= 0.6 is 0 Å². The fraction of sp³-hybridized carbons (Fsp3) is 1.00. The van der Waals surface area contributed by atoms with Gasteiger partial charge in [-0.05, 0) is 32.2 Å². The predicted molar refractivity (Wildman–Crippen MR) is 58.4 cm³/mol. The molecule has 2 heterocycles. The second-order valence-electron chi connectivity index (χ2n) is 4.57. The van der Waals surface area contributed by atoms with E-state index in [2.05, 4.69) is 10.2 Å². The third-order valence-corrected chi connectivity index (χ3v) is 3.58. The van der Waals surface area contributed by atoms with Gasteiger partial charge in [0.05, 0.1) is 12.3 Å². The van der Waals surface area contributed by atoms with Crippen molar-refractivity contribution < 1.29 is 9.84 Å². The third kappa shape index (κ3) is 2.69. The van der Waals surface area contributed by atoms with Crippen molar-refractivity contribution in [3.05, 3.63) is 0 Å². The lowest BCUT2D eigenvalue weighted by Crippen LogP contribution is -2.56. The first kappa shape index (κ1) is 11.3. The van der Waals surface area contributed by atoms with Crippen LogP contribution in [0.1, 0.15) is 32.1 Å². The standard InChI is InChI=1S/C11H22N2O2/c1-15-9-5-6-12-10(8-9)13-7-3-2-4-11(13)14/h9-12,14H,2-8H2,1H3. The van der Waals surface area contributed by atoms with Gasteiger partial charge in [0, 0.05) is 20.1 Å². The predicted octanol–water partition coefficient (Wildman–Crippen LogP) is 0.515. The molecule has 4 heteroatoms. The number of nitrogens with one attached hydrogen (secondary N) is 1. The van der Waals surface area contributed by atoms with Crippen molar-refractivity contribution in [1.82, 2.24) is 10.2 Å². The lowest BCUT2D eigenvalue weighted by molar-refractivity contribution is -0.0806. The molecule has 2 rings (SSSR count). The zero-order valence-corrected chi connectivity index (χ0v) is 9.48. The molecule has 3 unspecified atom stereocenters. The highest BCUT2D eigenvalue weighted by molar-refractivity contribution is 4.82. The molecule has 0 amide bonds. The Labute approximate surface area is 91.6 Å². The SMILES string of the molecule is COC1CCNC(N2CCCCC2O)C1. The molecule has 2 fully saturated rings. The van der Waals surface area contributed by atoms with Crippen molar-refractivity contribution in [1.29, 1.82) is 0 Å². The molecular weight excluding hydrogens is 192 g/mol. The monoisotopic (exact) mass is 214 g/mol. The summed E-state index contributed by atoms with van der Waals surface area (Å²) in [5.41, 5.74) is 0. The van der Waals surface area contributed by atoms with Crippen molar-refractivity contribution in [2.24, 2.45) is 0 Å². The van der Waals surface area contributed by atoms with Gasteiger partial charge >= 0.3 is 0 Å². The van der Waals surface area contributed by atoms with Gasteiger partial charge in [0.15, 0.2) is 0 Å². The van der Waals surface area contributed by atoms with Crippen molar-refractivity contribution in [2.45, 2.75) is 50.6 Å². The normalized spacial score (nSPS) is 39.2. The van der Waals surface area contributed by atoms with E-state index < -0.39 is 0 Å². The molecule has 2 N–H and O–H groups in total. The maximum absolute atomic E-state index is 9.93. The number of piperidine rings is 2. The lowest BCUT2D eigenvalue weighted by Gasteiger charge is -2.42. The molecule has 2 aliphatic heterocycles. The summed E-state index contributed by atoms with van der Waals surface area (Å²) in [6, 6.07) is 0. The summed E-state index contributed by atoms with van der Waals surface area (Å²) in [5, 5.41) is 13.4. The van der Waals surface area contributed by atoms with Crippen LogP contribution in [-0.4, -0.2) is 48.7 Å². The molecule has 2 saturated heterocycles. The maximum atomic E-state index is 9.93. The van der Waals surface area contributed by atoms with Crippen LogP contribution in [0.4, 0.5) is 0 Å². The van der Waals surface area contributed by atoms with E-state index in [0.29, 0.717) is 12.3 Å². The lowest BCUT2D eigenvalue weighted by atomic mass is 10.0. The molecule has 0 spiro atoms. The fourth-order valence-corrected chi connectivity index (χ4v) is 2.63. The minimum atomic E-state index is -0.258. The Morgan fingerprint density at radius 1 is 1.33 bits per heavy atom. The maximum Gasteiger partial charge on any atom is 0.108 e. The van der Waals surface area contributed by atoms with Gasteiger partial charge in [-0.15, -0.1) is 0 Å². The number of likely N-dealkylation sites (tertiary alicyclic amines) is 1. The molecule has 0 aromatic heterocycles. The number of aliphatic hydroxyl groups is 1. The molecule has 4 nitrogen and oxygen atoms in total. The second-order valence-corrected chi connectivity index (χ2v) is 4.57. The van der Waals surface area contributed by atoms with Gasteiger partial charge in [-0.2, -0.15) is 0 Å². The van der Waals surface area contributed by atoms with E-state index >= 15 is 0 Å². The van der Waals surface area contributed by atoms with E-state index in [1.165, 1.54) is 6.42 Å².